The molecule has 4 aromatic rings. The maximum absolute atomic E-state index is 12.3. The SMILES string of the molecule is Cc1cccc2sc(NC(=O)Cc3csc(NC(=O)c4ccco4)n3)nc12. The Bertz CT molecular complexity index is 1120. The van der Waals surface area contributed by atoms with Gasteiger partial charge in [-0.1, -0.05) is 23.5 Å². The van der Waals surface area contributed by atoms with E-state index in [1.54, 1.807) is 17.5 Å². The molecule has 3 heterocycles. The number of amides is 2. The number of hydrogen-bond donors (Lipinski definition) is 2. The van der Waals surface area contributed by atoms with Gasteiger partial charge in [0.25, 0.3) is 5.91 Å². The summed E-state index contributed by atoms with van der Waals surface area (Å²) in [6.07, 6.45) is 1.53. The fourth-order valence-corrected chi connectivity index (χ4v) is 4.14. The second kappa shape index (κ2) is 7.29. The number of furan rings is 1. The molecule has 0 radical (unpaired) electrons. The smallest absolute Gasteiger partial charge is 0.293 e. The van der Waals surface area contributed by atoms with Crippen LogP contribution in [0.2, 0.25) is 0 Å². The minimum absolute atomic E-state index is 0.0992. The molecule has 0 fully saturated rings. The summed E-state index contributed by atoms with van der Waals surface area (Å²) in [5, 5.41) is 8.16. The van der Waals surface area contributed by atoms with Crippen molar-refractivity contribution < 1.29 is 14.0 Å². The lowest BCUT2D eigenvalue weighted by molar-refractivity contribution is -0.115. The molecule has 0 atom stereocenters. The highest BCUT2D eigenvalue weighted by molar-refractivity contribution is 7.22. The summed E-state index contributed by atoms with van der Waals surface area (Å²) in [5.74, 6) is -0.383. The summed E-state index contributed by atoms with van der Waals surface area (Å²) in [5.41, 5.74) is 2.54. The zero-order valence-electron chi connectivity index (χ0n) is 14.2. The summed E-state index contributed by atoms with van der Waals surface area (Å²) in [6, 6.07) is 9.13. The van der Waals surface area contributed by atoms with Gasteiger partial charge in [0, 0.05) is 5.38 Å². The van der Waals surface area contributed by atoms with E-state index >= 15 is 0 Å². The molecule has 7 nitrogen and oxygen atoms in total. The molecule has 4 rings (SSSR count). The molecule has 3 aromatic heterocycles. The third-order valence-corrected chi connectivity index (χ3v) is 5.47. The van der Waals surface area contributed by atoms with E-state index in [1.165, 1.54) is 28.9 Å². The molecule has 136 valence electrons. The van der Waals surface area contributed by atoms with Crippen molar-refractivity contribution in [2.24, 2.45) is 0 Å². The average molecular weight is 398 g/mol. The molecule has 0 aliphatic carbocycles. The highest BCUT2D eigenvalue weighted by atomic mass is 32.1. The Morgan fingerprint density at radius 1 is 1.11 bits per heavy atom. The first-order valence-corrected chi connectivity index (χ1v) is 9.73. The van der Waals surface area contributed by atoms with Crippen molar-refractivity contribution in [3.8, 4) is 0 Å². The second-order valence-electron chi connectivity index (χ2n) is 5.74. The number of thiazole rings is 2. The molecule has 9 heteroatoms. The van der Waals surface area contributed by atoms with Crippen LogP contribution in [0, 0.1) is 6.92 Å². The topological polar surface area (TPSA) is 97.1 Å². The van der Waals surface area contributed by atoms with Gasteiger partial charge >= 0.3 is 0 Å². The second-order valence-corrected chi connectivity index (χ2v) is 7.63. The Morgan fingerprint density at radius 3 is 2.78 bits per heavy atom. The number of nitrogens with zero attached hydrogens (tertiary/aromatic N) is 2. The number of rotatable bonds is 5. The van der Waals surface area contributed by atoms with Crippen LogP contribution in [0.1, 0.15) is 21.8 Å². The summed E-state index contributed by atoms with van der Waals surface area (Å²) < 4.78 is 6.06. The lowest BCUT2D eigenvalue weighted by Gasteiger charge is -1.99. The van der Waals surface area contributed by atoms with Gasteiger partial charge < -0.3 is 9.73 Å². The number of hydrogen-bond acceptors (Lipinski definition) is 7. The first-order valence-electron chi connectivity index (χ1n) is 8.04. The van der Waals surface area contributed by atoms with Gasteiger partial charge in [-0.05, 0) is 30.7 Å². The number of aryl methyl sites for hydroxylation is 1. The summed E-state index contributed by atoms with van der Waals surface area (Å²) in [7, 11) is 0. The molecule has 0 saturated carbocycles. The van der Waals surface area contributed by atoms with E-state index in [-0.39, 0.29) is 24.0 Å². The van der Waals surface area contributed by atoms with Gasteiger partial charge in [0.05, 0.1) is 28.6 Å². The van der Waals surface area contributed by atoms with Gasteiger partial charge in [-0.3, -0.25) is 14.9 Å². The van der Waals surface area contributed by atoms with E-state index in [1.807, 2.05) is 25.1 Å². The van der Waals surface area contributed by atoms with E-state index in [2.05, 4.69) is 20.6 Å². The molecular weight excluding hydrogens is 384 g/mol. The third kappa shape index (κ3) is 3.88. The van der Waals surface area contributed by atoms with Crippen LogP contribution in [-0.2, 0) is 11.2 Å². The van der Waals surface area contributed by atoms with Crippen LogP contribution < -0.4 is 10.6 Å². The predicted molar refractivity (Wildman–Crippen MR) is 105 cm³/mol. The number of nitrogens with one attached hydrogen (secondary N) is 2. The molecule has 1 aromatic carbocycles. The Kier molecular flexibility index (Phi) is 4.69. The van der Waals surface area contributed by atoms with Crippen molar-refractivity contribution in [2.45, 2.75) is 13.3 Å². The Balaban J connectivity index is 1.38. The zero-order chi connectivity index (χ0) is 18.8. The minimum Gasteiger partial charge on any atom is -0.459 e. The highest BCUT2D eigenvalue weighted by Crippen LogP contribution is 2.28. The lowest BCUT2D eigenvalue weighted by atomic mass is 10.2. The van der Waals surface area contributed by atoms with Gasteiger partial charge in [0.15, 0.2) is 16.0 Å². The fourth-order valence-electron chi connectivity index (χ4n) is 2.48. The molecule has 0 aliphatic heterocycles. The molecule has 0 bridgehead atoms. The van der Waals surface area contributed by atoms with Crippen LogP contribution in [-0.4, -0.2) is 21.8 Å². The van der Waals surface area contributed by atoms with Crippen molar-refractivity contribution in [1.29, 1.82) is 0 Å². The molecular formula is C18H14N4O3S2. The monoisotopic (exact) mass is 398 g/mol. The van der Waals surface area contributed by atoms with Crippen LogP contribution in [0.25, 0.3) is 10.2 Å². The fraction of sp³-hybridized carbons (Fsp3) is 0.111. The van der Waals surface area contributed by atoms with E-state index in [9.17, 15) is 9.59 Å². The quantitative estimate of drug-likeness (QED) is 0.528. The minimum atomic E-state index is -0.379. The van der Waals surface area contributed by atoms with Crippen molar-refractivity contribution in [3.63, 3.8) is 0 Å². The Hall–Kier alpha value is -3.04. The molecule has 2 amide bonds. The summed E-state index contributed by atoms with van der Waals surface area (Å²) in [6.45, 7) is 1.99. The number of carbonyl (C=O) groups is 2. The van der Waals surface area contributed by atoms with Crippen molar-refractivity contribution in [3.05, 3.63) is 59.0 Å². The van der Waals surface area contributed by atoms with Crippen LogP contribution >= 0.6 is 22.7 Å². The largest absolute Gasteiger partial charge is 0.459 e. The molecule has 0 spiro atoms. The van der Waals surface area contributed by atoms with Gasteiger partial charge in [0.2, 0.25) is 5.91 Å². The van der Waals surface area contributed by atoms with Crippen molar-refractivity contribution >= 4 is 55.0 Å². The number of benzene rings is 1. The third-order valence-electron chi connectivity index (χ3n) is 3.73. The molecule has 0 aliphatic rings. The maximum Gasteiger partial charge on any atom is 0.293 e. The number of para-hydroxylation sites is 1. The van der Waals surface area contributed by atoms with Gasteiger partial charge in [-0.25, -0.2) is 9.97 Å². The van der Waals surface area contributed by atoms with E-state index < -0.39 is 0 Å². The highest BCUT2D eigenvalue weighted by Gasteiger charge is 2.14. The van der Waals surface area contributed by atoms with Crippen LogP contribution in [0.5, 0.6) is 0 Å². The van der Waals surface area contributed by atoms with E-state index in [4.69, 9.17) is 4.42 Å². The average Bonchev–Trinajstić information content (AvgIpc) is 3.35. The molecule has 27 heavy (non-hydrogen) atoms. The predicted octanol–water partition coefficient (Wildman–Crippen LogP) is 4.09. The number of aromatic nitrogens is 2. The van der Waals surface area contributed by atoms with Crippen molar-refractivity contribution in [1.82, 2.24) is 9.97 Å². The molecule has 0 unspecified atom stereocenters. The molecule has 0 saturated heterocycles. The standard InChI is InChI=1S/C18H14N4O3S2/c1-10-4-2-6-13-15(10)21-18(27-13)20-14(23)8-11-9-26-17(19-11)22-16(24)12-5-3-7-25-12/h2-7,9H,8H2,1H3,(H,19,22,24)(H,20,21,23). The maximum atomic E-state index is 12.3. The van der Waals surface area contributed by atoms with Gasteiger partial charge in [-0.15, -0.1) is 11.3 Å². The first kappa shape index (κ1) is 17.4. The van der Waals surface area contributed by atoms with Gasteiger partial charge in [0.1, 0.15) is 0 Å². The van der Waals surface area contributed by atoms with Crippen LogP contribution in [0.3, 0.4) is 0 Å². The van der Waals surface area contributed by atoms with E-state index in [0.717, 1.165) is 15.8 Å². The van der Waals surface area contributed by atoms with Gasteiger partial charge in [-0.2, -0.15) is 0 Å². The normalized spacial score (nSPS) is 10.9. The van der Waals surface area contributed by atoms with Crippen LogP contribution in [0.4, 0.5) is 10.3 Å². The molecule has 2 N–H and O–H groups in total. The number of anilines is 2. The van der Waals surface area contributed by atoms with E-state index in [0.29, 0.717) is 16.0 Å². The Morgan fingerprint density at radius 2 is 2.00 bits per heavy atom. The number of fused-ring (bicyclic) bond motifs is 1. The zero-order valence-corrected chi connectivity index (χ0v) is 15.8. The van der Waals surface area contributed by atoms with Crippen molar-refractivity contribution in [2.75, 3.05) is 10.6 Å². The first-order chi connectivity index (χ1) is 13.1. The Labute approximate surface area is 162 Å². The summed E-state index contributed by atoms with van der Waals surface area (Å²) in [4.78, 5) is 32.9. The van der Waals surface area contributed by atoms with Crippen LogP contribution in [0.15, 0.2) is 46.4 Å². The number of carbonyl (C=O) groups excluding carboxylic acids is 2. The summed E-state index contributed by atoms with van der Waals surface area (Å²) >= 11 is 2.69. The lowest BCUT2D eigenvalue weighted by Crippen LogP contribution is -2.15.